The summed E-state index contributed by atoms with van der Waals surface area (Å²) in [6, 6.07) is 1.21. The number of hydrogen-bond acceptors (Lipinski definition) is 6. The first-order chi connectivity index (χ1) is 9.26. The summed E-state index contributed by atoms with van der Waals surface area (Å²) in [6.07, 6.45) is 1.11. The van der Waals surface area contributed by atoms with Crippen LogP contribution in [0.2, 0.25) is 5.02 Å². The van der Waals surface area contributed by atoms with Gasteiger partial charge in [-0.05, 0) is 6.07 Å². The van der Waals surface area contributed by atoms with Crippen LogP contribution in [0.5, 0.6) is 5.88 Å². The second-order valence-corrected chi connectivity index (χ2v) is 8.24. The summed E-state index contributed by atoms with van der Waals surface area (Å²) in [5, 5.41) is 0.0613. The third-order valence-electron chi connectivity index (χ3n) is 2.68. The van der Waals surface area contributed by atoms with Crippen LogP contribution in [-0.2, 0) is 20.0 Å². The zero-order chi connectivity index (χ0) is 15.0. The smallest absolute Gasteiger partial charge is 0.245 e. The van der Waals surface area contributed by atoms with E-state index in [1.165, 1.54) is 13.2 Å². The molecule has 2 rings (SSSR count). The van der Waals surface area contributed by atoms with Crippen molar-refractivity contribution in [1.29, 1.82) is 0 Å². The lowest BCUT2D eigenvalue weighted by Gasteiger charge is -2.26. The van der Waals surface area contributed by atoms with Crippen molar-refractivity contribution < 1.29 is 21.6 Å². The Labute approximate surface area is 121 Å². The quantitative estimate of drug-likeness (QED) is 0.803. The summed E-state index contributed by atoms with van der Waals surface area (Å²) >= 11 is 5.84. The molecule has 1 aliphatic rings. The largest absolute Gasteiger partial charge is 0.480 e. The standard InChI is InChI=1S/C9H12ClN3O5S2/c1-18-9-8(10)4-7(5-11-9)20(16,17)13-2-3-19(14,15)12-6-13/h4-5,12H,2-3,6H2,1H3. The number of aromatic nitrogens is 1. The van der Waals surface area contributed by atoms with Gasteiger partial charge in [-0.1, -0.05) is 11.6 Å². The first kappa shape index (κ1) is 15.4. The molecule has 1 saturated heterocycles. The molecule has 0 radical (unpaired) electrons. The first-order valence-electron chi connectivity index (χ1n) is 5.43. The molecule has 0 bridgehead atoms. The molecule has 0 amide bonds. The summed E-state index contributed by atoms with van der Waals surface area (Å²) in [5.41, 5.74) is 0. The van der Waals surface area contributed by atoms with E-state index in [1.54, 1.807) is 0 Å². The van der Waals surface area contributed by atoms with Crippen LogP contribution in [0.4, 0.5) is 0 Å². The Morgan fingerprint density at radius 1 is 1.50 bits per heavy atom. The fraction of sp³-hybridized carbons (Fsp3) is 0.444. The van der Waals surface area contributed by atoms with E-state index in [0.717, 1.165) is 10.5 Å². The minimum absolute atomic E-state index is 0.0613. The second kappa shape index (κ2) is 5.45. The Bertz CT molecular complexity index is 705. The van der Waals surface area contributed by atoms with Gasteiger partial charge in [-0.3, -0.25) is 0 Å². The van der Waals surface area contributed by atoms with E-state index in [2.05, 4.69) is 9.71 Å². The Balaban J connectivity index is 2.29. The summed E-state index contributed by atoms with van der Waals surface area (Å²) in [6.45, 7) is -0.435. The van der Waals surface area contributed by atoms with Gasteiger partial charge in [0.05, 0.1) is 25.7 Å². The van der Waals surface area contributed by atoms with Crippen molar-refractivity contribution in [2.75, 3.05) is 26.1 Å². The summed E-state index contributed by atoms with van der Waals surface area (Å²) in [5.74, 6) is -0.172. The number of methoxy groups -OCH3 is 1. The van der Waals surface area contributed by atoms with Crippen LogP contribution in [-0.4, -0.2) is 52.2 Å². The van der Waals surface area contributed by atoms with Crippen LogP contribution < -0.4 is 9.46 Å². The van der Waals surface area contributed by atoms with E-state index >= 15 is 0 Å². The zero-order valence-electron chi connectivity index (χ0n) is 10.4. The predicted octanol–water partition coefficient (Wildman–Crippen LogP) is -0.375. The highest BCUT2D eigenvalue weighted by Crippen LogP contribution is 2.26. The average Bonchev–Trinajstić information content (AvgIpc) is 2.38. The van der Waals surface area contributed by atoms with Gasteiger partial charge in [-0.15, -0.1) is 0 Å². The van der Waals surface area contributed by atoms with Gasteiger partial charge in [0.15, 0.2) is 0 Å². The Morgan fingerprint density at radius 2 is 2.20 bits per heavy atom. The molecule has 2 heterocycles. The van der Waals surface area contributed by atoms with Gasteiger partial charge >= 0.3 is 0 Å². The molecular weight excluding hydrogens is 330 g/mol. The van der Waals surface area contributed by atoms with Crippen molar-refractivity contribution in [2.45, 2.75) is 4.90 Å². The molecule has 1 fully saturated rings. The minimum atomic E-state index is -3.86. The molecule has 0 atom stereocenters. The van der Waals surface area contributed by atoms with Crippen molar-refractivity contribution in [2.24, 2.45) is 0 Å². The molecule has 0 saturated carbocycles. The van der Waals surface area contributed by atoms with Crippen molar-refractivity contribution in [1.82, 2.24) is 14.0 Å². The summed E-state index contributed by atoms with van der Waals surface area (Å²) in [4.78, 5) is 3.67. The van der Waals surface area contributed by atoms with Gasteiger partial charge in [-0.25, -0.2) is 26.5 Å². The van der Waals surface area contributed by atoms with Crippen LogP contribution in [0.1, 0.15) is 0 Å². The molecule has 8 nitrogen and oxygen atoms in total. The minimum Gasteiger partial charge on any atom is -0.480 e. The Hall–Kier alpha value is -0.940. The molecule has 11 heteroatoms. The molecule has 1 N–H and O–H groups in total. The zero-order valence-corrected chi connectivity index (χ0v) is 12.8. The molecule has 1 aromatic heterocycles. The van der Waals surface area contributed by atoms with Gasteiger partial charge in [0.1, 0.15) is 9.92 Å². The lowest BCUT2D eigenvalue weighted by atomic mass is 10.5. The van der Waals surface area contributed by atoms with Crippen molar-refractivity contribution in [3.63, 3.8) is 0 Å². The van der Waals surface area contributed by atoms with Crippen LogP contribution in [0, 0.1) is 0 Å². The lowest BCUT2D eigenvalue weighted by molar-refractivity contribution is 0.394. The van der Waals surface area contributed by atoms with Crippen LogP contribution >= 0.6 is 11.6 Å². The van der Waals surface area contributed by atoms with Gasteiger partial charge < -0.3 is 4.74 Å². The highest BCUT2D eigenvalue weighted by atomic mass is 35.5. The third kappa shape index (κ3) is 3.04. The molecule has 0 spiro atoms. The molecule has 0 aromatic carbocycles. The number of halogens is 1. The molecule has 20 heavy (non-hydrogen) atoms. The molecule has 1 aliphatic heterocycles. The average molecular weight is 342 g/mol. The van der Waals surface area contributed by atoms with Crippen LogP contribution in [0.25, 0.3) is 0 Å². The van der Waals surface area contributed by atoms with Gasteiger partial charge in [-0.2, -0.15) is 4.31 Å². The summed E-state index contributed by atoms with van der Waals surface area (Å²) in [7, 11) is -5.89. The van der Waals surface area contributed by atoms with E-state index in [4.69, 9.17) is 16.3 Å². The van der Waals surface area contributed by atoms with Crippen molar-refractivity contribution in [3.05, 3.63) is 17.3 Å². The fourth-order valence-electron chi connectivity index (χ4n) is 1.60. The van der Waals surface area contributed by atoms with E-state index in [-0.39, 0.29) is 34.8 Å². The lowest BCUT2D eigenvalue weighted by Crippen LogP contribution is -2.49. The van der Waals surface area contributed by atoms with E-state index < -0.39 is 20.0 Å². The number of rotatable bonds is 3. The first-order valence-corrected chi connectivity index (χ1v) is 8.90. The van der Waals surface area contributed by atoms with E-state index in [9.17, 15) is 16.8 Å². The molecule has 0 aliphatic carbocycles. The monoisotopic (exact) mass is 341 g/mol. The second-order valence-electron chi connectivity index (χ2n) is 3.96. The highest BCUT2D eigenvalue weighted by Gasteiger charge is 2.31. The fourth-order valence-corrected chi connectivity index (χ4v) is 4.38. The molecular formula is C9H12ClN3O5S2. The Kier molecular flexibility index (Phi) is 4.21. The number of hydrogen-bond donors (Lipinski definition) is 1. The molecule has 0 unspecified atom stereocenters. The molecule has 1 aromatic rings. The van der Waals surface area contributed by atoms with E-state index in [1.807, 2.05) is 0 Å². The third-order valence-corrected chi connectivity index (χ3v) is 6.05. The van der Waals surface area contributed by atoms with E-state index in [0.29, 0.717) is 0 Å². The normalized spacial score (nSPS) is 19.7. The van der Waals surface area contributed by atoms with Gasteiger partial charge in [0.25, 0.3) is 0 Å². The maximum Gasteiger partial charge on any atom is 0.245 e. The maximum absolute atomic E-state index is 12.3. The maximum atomic E-state index is 12.3. The topological polar surface area (TPSA) is 106 Å². The van der Waals surface area contributed by atoms with Gasteiger partial charge in [0, 0.05) is 6.54 Å². The Morgan fingerprint density at radius 3 is 2.70 bits per heavy atom. The van der Waals surface area contributed by atoms with Crippen LogP contribution in [0.15, 0.2) is 17.2 Å². The SMILES string of the molecule is COc1ncc(S(=O)(=O)N2CCS(=O)(=O)NC2)cc1Cl. The van der Waals surface area contributed by atoms with Crippen molar-refractivity contribution >= 4 is 31.6 Å². The predicted molar refractivity (Wildman–Crippen MR) is 71.5 cm³/mol. The highest BCUT2D eigenvalue weighted by molar-refractivity contribution is 7.90. The van der Waals surface area contributed by atoms with Crippen molar-refractivity contribution in [3.8, 4) is 5.88 Å². The number of pyridine rings is 1. The molecule has 112 valence electrons. The number of nitrogens with one attached hydrogen (secondary N) is 1. The van der Waals surface area contributed by atoms with Gasteiger partial charge in [0.2, 0.25) is 25.9 Å². The summed E-state index contributed by atoms with van der Waals surface area (Å²) < 4.78 is 55.0. The number of sulfonamides is 2. The number of ether oxygens (including phenoxy) is 1. The van der Waals surface area contributed by atoms with Crippen LogP contribution in [0.3, 0.4) is 0 Å². The number of nitrogens with zero attached hydrogens (tertiary/aromatic N) is 2.